The number of halogens is 1. The van der Waals surface area contributed by atoms with Gasteiger partial charge in [-0.2, -0.15) is 0 Å². The number of rotatable bonds is 3. The Morgan fingerprint density at radius 3 is 2.65 bits per heavy atom. The molecule has 4 rings (SSSR count). The fraction of sp³-hybridized carbons (Fsp3) is 0.474. The van der Waals surface area contributed by atoms with E-state index in [9.17, 15) is 4.79 Å². The van der Waals surface area contributed by atoms with Gasteiger partial charge in [-0.25, -0.2) is 0 Å². The Balaban J connectivity index is 1.52. The van der Waals surface area contributed by atoms with Crippen molar-refractivity contribution in [3.63, 3.8) is 0 Å². The van der Waals surface area contributed by atoms with Crippen LogP contribution in [0.25, 0.3) is 11.3 Å². The maximum Gasteiger partial charge on any atom is 0.239 e. The van der Waals surface area contributed by atoms with Gasteiger partial charge in [-0.15, -0.1) is 0 Å². The smallest absolute Gasteiger partial charge is 0.239 e. The lowest BCUT2D eigenvalue weighted by molar-refractivity contribution is -0.139. The number of ether oxygens (including phenoxy) is 1. The molecule has 1 aromatic carbocycles. The van der Waals surface area contributed by atoms with Gasteiger partial charge in [0.2, 0.25) is 5.91 Å². The maximum absolute atomic E-state index is 13.0. The first-order chi connectivity index (χ1) is 12.6. The molecule has 1 amide bonds. The van der Waals surface area contributed by atoms with Gasteiger partial charge in [0, 0.05) is 42.2 Å². The molecular weight excluding hydrogens is 354 g/mol. The number of carbonyl (C=O) groups excluding carboxylic acids is 1. The van der Waals surface area contributed by atoms with Gasteiger partial charge in [-0.3, -0.25) is 9.69 Å². The van der Waals surface area contributed by atoms with Crippen LogP contribution in [-0.2, 0) is 22.5 Å². The fourth-order valence-corrected chi connectivity index (χ4v) is 3.74. The molecule has 2 aromatic rings. The quantitative estimate of drug-likeness (QED) is 0.825. The summed E-state index contributed by atoms with van der Waals surface area (Å²) < 4.78 is 10.9. The van der Waals surface area contributed by atoms with Gasteiger partial charge in [0.15, 0.2) is 0 Å². The summed E-state index contributed by atoms with van der Waals surface area (Å²) in [5.74, 6) is 1.03. The Hall–Kier alpha value is -1.89. The highest BCUT2D eigenvalue weighted by atomic mass is 35.5. The first kappa shape index (κ1) is 17.5. The van der Waals surface area contributed by atoms with Gasteiger partial charge < -0.3 is 14.2 Å². The molecule has 0 aliphatic carbocycles. The van der Waals surface area contributed by atoms with Crippen molar-refractivity contribution in [2.24, 2.45) is 0 Å². The summed E-state index contributed by atoms with van der Waals surface area (Å²) in [5.41, 5.74) is 2.75. The summed E-state index contributed by atoms with van der Waals surface area (Å²) in [6, 6.07) is 7.39. The SMILES string of the molecule is C[C@H](C(=O)N1CCc2onc(-c3ccc(Cl)cc3)c2C1)N1CCOCC1. The number of aromatic nitrogens is 1. The summed E-state index contributed by atoms with van der Waals surface area (Å²) in [6.45, 7) is 6.16. The minimum Gasteiger partial charge on any atom is -0.379 e. The lowest BCUT2D eigenvalue weighted by atomic mass is 10.0. The second-order valence-corrected chi connectivity index (χ2v) is 7.21. The van der Waals surface area contributed by atoms with Crippen LogP contribution in [0.3, 0.4) is 0 Å². The Bertz CT molecular complexity index is 784. The highest BCUT2D eigenvalue weighted by Gasteiger charge is 2.32. The fourth-order valence-electron chi connectivity index (χ4n) is 3.62. The lowest BCUT2D eigenvalue weighted by Crippen LogP contribution is -2.51. The van der Waals surface area contributed by atoms with Crippen LogP contribution in [0.2, 0.25) is 5.02 Å². The van der Waals surface area contributed by atoms with Gasteiger partial charge in [-0.05, 0) is 19.1 Å². The molecule has 6 nitrogen and oxygen atoms in total. The number of morpholine rings is 1. The molecule has 0 bridgehead atoms. The van der Waals surface area contributed by atoms with Gasteiger partial charge in [0.05, 0.1) is 25.8 Å². The van der Waals surface area contributed by atoms with Crippen LogP contribution in [0.1, 0.15) is 18.2 Å². The van der Waals surface area contributed by atoms with Gasteiger partial charge in [-0.1, -0.05) is 28.9 Å². The van der Waals surface area contributed by atoms with Gasteiger partial charge in [0.1, 0.15) is 11.5 Å². The molecule has 0 radical (unpaired) electrons. The molecule has 7 heteroatoms. The van der Waals surface area contributed by atoms with Crippen LogP contribution in [0.4, 0.5) is 0 Å². The molecule has 1 aromatic heterocycles. The Morgan fingerprint density at radius 2 is 1.92 bits per heavy atom. The number of amides is 1. The standard InChI is InChI=1S/C19H22ClN3O3/c1-13(22-8-10-25-11-9-22)19(24)23-7-6-17-16(12-23)18(21-26-17)14-2-4-15(20)5-3-14/h2-5,13H,6-12H2,1H3/t13-/m1/s1. The monoisotopic (exact) mass is 375 g/mol. The van der Waals surface area contributed by atoms with E-state index in [0.717, 1.165) is 35.7 Å². The van der Waals surface area contributed by atoms with E-state index in [1.807, 2.05) is 36.1 Å². The van der Waals surface area contributed by atoms with E-state index in [0.29, 0.717) is 37.7 Å². The summed E-state index contributed by atoms with van der Waals surface area (Å²) in [6.07, 6.45) is 0.692. The molecule has 0 unspecified atom stereocenters. The summed E-state index contributed by atoms with van der Waals surface area (Å²) in [7, 11) is 0. The van der Waals surface area contributed by atoms with Crippen LogP contribution < -0.4 is 0 Å². The number of hydrogen-bond donors (Lipinski definition) is 0. The number of hydrogen-bond acceptors (Lipinski definition) is 5. The second-order valence-electron chi connectivity index (χ2n) is 6.77. The molecule has 1 atom stereocenters. The number of carbonyl (C=O) groups is 1. The van der Waals surface area contributed by atoms with Crippen molar-refractivity contribution in [3.8, 4) is 11.3 Å². The van der Waals surface area contributed by atoms with E-state index in [-0.39, 0.29) is 11.9 Å². The van der Waals surface area contributed by atoms with E-state index in [4.69, 9.17) is 20.9 Å². The predicted octanol–water partition coefficient (Wildman–Crippen LogP) is 2.60. The molecule has 0 N–H and O–H groups in total. The van der Waals surface area contributed by atoms with Crippen molar-refractivity contribution in [1.29, 1.82) is 0 Å². The molecule has 1 saturated heterocycles. The Kier molecular flexibility index (Phi) is 4.98. The minimum atomic E-state index is -0.140. The van der Waals surface area contributed by atoms with Crippen LogP contribution in [-0.4, -0.2) is 59.8 Å². The third kappa shape index (κ3) is 3.37. The predicted molar refractivity (Wildman–Crippen MR) is 97.9 cm³/mol. The molecule has 2 aliphatic heterocycles. The van der Waals surface area contributed by atoms with Gasteiger partial charge >= 0.3 is 0 Å². The van der Waals surface area contributed by atoms with Crippen LogP contribution in [0, 0.1) is 0 Å². The van der Waals surface area contributed by atoms with Crippen molar-refractivity contribution < 1.29 is 14.1 Å². The largest absolute Gasteiger partial charge is 0.379 e. The number of benzene rings is 1. The van der Waals surface area contributed by atoms with Gasteiger partial charge in [0.25, 0.3) is 0 Å². The Morgan fingerprint density at radius 1 is 1.19 bits per heavy atom. The average Bonchev–Trinajstić information content (AvgIpc) is 3.11. The minimum absolute atomic E-state index is 0.140. The van der Waals surface area contributed by atoms with Crippen LogP contribution in [0.15, 0.2) is 28.8 Å². The highest BCUT2D eigenvalue weighted by Crippen LogP contribution is 2.31. The topological polar surface area (TPSA) is 58.8 Å². The summed E-state index contributed by atoms with van der Waals surface area (Å²) in [4.78, 5) is 17.1. The van der Waals surface area contributed by atoms with E-state index in [1.165, 1.54) is 0 Å². The van der Waals surface area contributed by atoms with E-state index < -0.39 is 0 Å². The van der Waals surface area contributed by atoms with Crippen LogP contribution in [0.5, 0.6) is 0 Å². The molecule has 0 saturated carbocycles. The van der Waals surface area contributed by atoms with Crippen LogP contribution >= 0.6 is 11.6 Å². The molecule has 0 spiro atoms. The zero-order valence-electron chi connectivity index (χ0n) is 14.8. The lowest BCUT2D eigenvalue weighted by Gasteiger charge is -2.35. The van der Waals surface area contributed by atoms with E-state index >= 15 is 0 Å². The second kappa shape index (κ2) is 7.39. The number of nitrogens with zero attached hydrogens (tertiary/aromatic N) is 3. The maximum atomic E-state index is 13.0. The van der Waals surface area contributed by atoms with Crippen molar-refractivity contribution in [1.82, 2.24) is 15.0 Å². The Labute approximate surface area is 157 Å². The van der Waals surface area contributed by atoms with Crippen molar-refractivity contribution in [3.05, 3.63) is 40.6 Å². The first-order valence-electron chi connectivity index (χ1n) is 8.97. The average molecular weight is 376 g/mol. The van der Waals surface area contributed by atoms with Crippen molar-refractivity contribution >= 4 is 17.5 Å². The normalized spacial score (nSPS) is 19.2. The summed E-state index contributed by atoms with van der Waals surface area (Å²) >= 11 is 5.98. The zero-order chi connectivity index (χ0) is 18.1. The third-order valence-electron chi connectivity index (χ3n) is 5.21. The molecule has 138 valence electrons. The van der Waals surface area contributed by atoms with Crippen molar-refractivity contribution in [2.45, 2.75) is 25.9 Å². The molecule has 3 heterocycles. The summed E-state index contributed by atoms with van der Waals surface area (Å²) in [5, 5.41) is 4.93. The van der Waals surface area contributed by atoms with Crippen molar-refractivity contribution in [2.75, 3.05) is 32.8 Å². The van der Waals surface area contributed by atoms with E-state index in [1.54, 1.807) is 0 Å². The van der Waals surface area contributed by atoms with E-state index in [2.05, 4.69) is 10.1 Å². The highest BCUT2D eigenvalue weighted by molar-refractivity contribution is 6.30. The zero-order valence-corrected chi connectivity index (χ0v) is 15.5. The molecule has 2 aliphatic rings. The molecular formula is C19H22ClN3O3. The first-order valence-corrected chi connectivity index (χ1v) is 9.35. The third-order valence-corrected chi connectivity index (χ3v) is 5.46. The number of fused-ring (bicyclic) bond motifs is 1. The molecule has 1 fully saturated rings. The molecule has 26 heavy (non-hydrogen) atoms.